The van der Waals surface area contributed by atoms with E-state index in [-0.39, 0.29) is 11.6 Å². The van der Waals surface area contributed by atoms with Crippen LogP contribution in [0, 0.1) is 19.8 Å². The van der Waals surface area contributed by atoms with E-state index in [4.69, 9.17) is 0 Å². The predicted octanol–water partition coefficient (Wildman–Crippen LogP) is 4.04. The lowest BCUT2D eigenvalue weighted by Gasteiger charge is -2.18. The lowest BCUT2D eigenvalue weighted by molar-refractivity contribution is -0.121. The Labute approximate surface area is 171 Å². The van der Waals surface area contributed by atoms with Crippen molar-refractivity contribution in [2.45, 2.75) is 52.0 Å². The Kier molecular flexibility index (Phi) is 5.56. The van der Waals surface area contributed by atoms with Crippen molar-refractivity contribution in [1.29, 1.82) is 0 Å². The lowest BCUT2D eigenvalue weighted by atomic mass is 9.89. The van der Waals surface area contributed by atoms with Gasteiger partial charge in [0.15, 0.2) is 0 Å². The molecule has 1 aliphatic carbocycles. The summed E-state index contributed by atoms with van der Waals surface area (Å²) in [5.74, 6) is 1.05. The number of rotatable bonds is 8. The van der Waals surface area contributed by atoms with Gasteiger partial charge in [-0.15, -0.1) is 0 Å². The number of fused-ring (bicyclic) bond motifs is 1. The van der Waals surface area contributed by atoms with Gasteiger partial charge in [-0.25, -0.2) is 4.79 Å². The van der Waals surface area contributed by atoms with Gasteiger partial charge < -0.3 is 10.3 Å². The van der Waals surface area contributed by atoms with Crippen LogP contribution in [0.1, 0.15) is 48.3 Å². The number of carbonyl (C=O) groups excluding carboxylic acids is 1. The van der Waals surface area contributed by atoms with Crippen LogP contribution in [-0.4, -0.2) is 22.0 Å². The summed E-state index contributed by atoms with van der Waals surface area (Å²) >= 11 is 0. The molecule has 1 aliphatic rings. The van der Waals surface area contributed by atoms with E-state index in [0.717, 1.165) is 17.5 Å². The van der Waals surface area contributed by atoms with Crippen LogP contribution >= 0.6 is 0 Å². The zero-order valence-electron chi connectivity index (χ0n) is 17.2. The monoisotopic (exact) mass is 391 g/mol. The number of nitrogens with one attached hydrogen (secondary N) is 2. The zero-order chi connectivity index (χ0) is 20.4. The number of H-pyrrole nitrogens is 1. The highest BCUT2D eigenvalue weighted by Crippen LogP contribution is 2.44. The topological polar surface area (TPSA) is 66.9 Å². The van der Waals surface area contributed by atoms with E-state index in [2.05, 4.69) is 42.3 Å². The average molecular weight is 392 g/mol. The third kappa shape index (κ3) is 4.44. The summed E-state index contributed by atoms with van der Waals surface area (Å²) in [5, 5.41) is 3.06. The smallest absolute Gasteiger partial charge is 0.326 e. The molecule has 1 atom stereocenters. The molecule has 0 saturated heterocycles. The molecule has 1 amide bonds. The number of aromatic nitrogens is 2. The van der Waals surface area contributed by atoms with E-state index in [0.29, 0.717) is 31.3 Å². The van der Waals surface area contributed by atoms with Crippen molar-refractivity contribution in [1.82, 2.24) is 14.9 Å². The van der Waals surface area contributed by atoms with Gasteiger partial charge in [0.2, 0.25) is 5.91 Å². The number of amides is 1. The van der Waals surface area contributed by atoms with Crippen molar-refractivity contribution in [2.24, 2.45) is 5.92 Å². The number of carbonyl (C=O) groups is 1. The highest BCUT2D eigenvalue weighted by molar-refractivity contribution is 5.77. The van der Waals surface area contributed by atoms with Crippen LogP contribution in [-0.2, 0) is 11.3 Å². The fourth-order valence-electron chi connectivity index (χ4n) is 4.12. The molecule has 1 heterocycles. The number of aromatic amines is 1. The molecule has 5 heteroatoms. The fraction of sp³-hybridized carbons (Fsp3) is 0.417. The summed E-state index contributed by atoms with van der Waals surface area (Å²) in [4.78, 5) is 27.6. The summed E-state index contributed by atoms with van der Waals surface area (Å²) in [6.45, 7) is 5.42. The average Bonchev–Trinajstić information content (AvgIpc) is 3.49. The summed E-state index contributed by atoms with van der Waals surface area (Å²) < 4.78 is 1.74. The van der Waals surface area contributed by atoms with E-state index in [1.54, 1.807) is 4.57 Å². The second-order valence-corrected chi connectivity index (χ2v) is 8.29. The Morgan fingerprint density at radius 1 is 1.17 bits per heavy atom. The van der Waals surface area contributed by atoms with Crippen molar-refractivity contribution < 1.29 is 4.79 Å². The van der Waals surface area contributed by atoms with Crippen molar-refractivity contribution in [2.75, 3.05) is 6.54 Å². The van der Waals surface area contributed by atoms with Gasteiger partial charge in [-0.2, -0.15) is 0 Å². The standard InChI is InChI=1S/C24H29N3O2/c1-16-8-9-19(14-17(16)2)20(18-10-11-18)15-23(28)25-12-5-13-27-22-7-4-3-6-21(22)26-24(27)29/h3-4,6-9,14,18,20H,5,10-13,15H2,1-2H3,(H,25,28)(H,26,29). The largest absolute Gasteiger partial charge is 0.356 e. The minimum absolute atomic E-state index is 0.0962. The minimum atomic E-state index is -0.0962. The second-order valence-electron chi connectivity index (χ2n) is 8.29. The number of nitrogens with zero attached hydrogens (tertiary/aromatic N) is 1. The van der Waals surface area contributed by atoms with Crippen LogP contribution in [0.25, 0.3) is 11.0 Å². The molecule has 152 valence electrons. The Balaban J connectivity index is 1.31. The maximum atomic E-state index is 12.6. The van der Waals surface area contributed by atoms with Crippen LogP contribution in [0.2, 0.25) is 0 Å². The van der Waals surface area contributed by atoms with Crippen LogP contribution in [0.3, 0.4) is 0 Å². The normalized spacial score (nSPS) is 14.8. The third-order valence-electron chi connectivity index (χ3n) is 6.12. The first-order valence-corrected chi connectivity index (χ1v) is 10.5. The lowest BCUT2D eigenvalue weighted by Crippen LogP contribution is -2.28. The fourth-order valence-corrected chi connectivity index (χ4v) is 4.12. The minimum Gasteiger partial charge on any atom is -0.356 e. The van der Waals surface area contributed by atoms with Crippen LogP contribution in [0.15, 0.2) is 47.3 Å². The second kappa shape index (κ2) is 8.27. The molecule has 2 aromatic carbocycles. The first kappa shape index (κ1) is 19.5. The van der Waals surface area contributed by atoms with E-state index in [1.807, 2.05) is 24.3 Å². The van der Waals surface area contributed by atoms with Crippen molar-refractivity contribution in [3.63, 3.8) is 0 Å². The molecule has 0 aliphatic heterocycles. The quantitative estimate of drug-likeness (QED) is 0.569. The van der Waals surface area contributed by atoms with Gasteiger partial charge in [0, 0.05) is 19.5 Å². The molecule has 5 nitrogen and oxygen atoms in total. The molecule has 1 fully saturated rings. The maximum absolute atomic E-state index is 12.6. The number of hydrogen-bond acceptors (Lipinski definition) is 2. The number of benzene rings is 2. The van der Waals surface area contributed by atoms with E-state index in [9.17, 15) is 9.59 Å². The Morgan fingerprint density at radius 2 is 1.97 bits per heavy atom. The number of hydrogen-bond donors (Lipinski definition) is 2. The van der Waals surface area contributed by atoms with E-state index < -0.39 is 0 Å². The molecule has 4 rings (SSSR count). The molecular weight excluding hydrogens is 362 g/mol. The number of aryl methyl sites for hydroxylation is 3. The maximum Gasteiger partial charge on any atom is 0.326 e. The van der Waals surface area contributed by atoms with Crippen molar-refractivity contribution >= 4 is 16.9 Å². The Morgan fingerprint density at radius 3 is 2.72 bits per heavy atom. The number of imidazole rings is 1. The van der Waals surface area contributed by atoms with Gasteiger partial charge >= 0.3 is 5.69 Å². The van der Waals surface area contributed by atoms with E-state index >= 15 is 0 Å². The molecule has 1 unspecified atom stereocenters. The highest BCUT2D eigenvalue weighted by Gasteiger charge is 2.33. The molecule has 2 N–H and O–H groups in total. The Bertz CT molecular complexity index is 1080. The molecule has 1 saturated carbocycles. The van der Waals surface area contributed by atoms with Gasteiger partial charge in [-0.05, 0) is 73.8 Å². The van der Waals surface area contributed by atoms with Gasteiger partial charge in [0.1, 0.15) is 0 Å². The first-order valence-electron chi connectivity index (χ1n) is 10.5. The van der Waals surface area contributed by atoms with Crippen LogP contribution in [0.5, 0.6) is 0 Å². The highest BCUT2D eigenvalue weighted by atomic mass is 16.2. The molecule has 0 spiro atoms. The van der Waals surface area contributed by atoms with E-state index in [1.165, 1.54) is 29.5 Å². The SMILES string of the molecule is Cc1ccc(C(CC(=O)NCCCn2c(=O)[nH]c3ccccc32)C2CC2)cc1C. The Hall–Kier alpha value is -2.82. The summed E-state index contributed by atoms with van der Waals surface area (Å²) in [6, 6.07) is 14.3. The zero-order valence-corrected chi connectivity index (χ0v) is 17.2. The molecule has 1 aromatic heterocycles. The summed E-state index contributed by atoms with van der Waals surface area (Å²) in [7, 11) is 0. The molecule has 0 radical (unpaired) electrons. The van der Waals surface area contributed by atoms with Gasteiger partial charge in [-0.1, -0.05) is 30.3 Å². The van der Waals surface area contributed by atoms with Gasteiger partial charge in [0.25, 0.3) is 0 Å². The van der Waals surface area contributed by atoms with Gasteiger partial charge in [-0.3, -0.25) is 9.36 Å². The molecule has 3 aromatic rings. The van der Waals surface area contributed by atoms with Crippen molar-refractivity contribution in [3.05, 3.63) is 69.6 Å². The summed E-state index contributed by atoms with van der Waals surface area (Å²) in [5.41, 5.74) is 5.53. The van der Waals surface area contributed by atoms with Crippen molar-refractivity contribution in [3.8, 4) is 0 Å². The molecular formula is C24H29N3O2. The summed E-state index contributed by atoms with van der Waals surface area (Å²) in [6.07, 6.45) is 3.70. The molecule has 0 bridgehead atoms. The van der Waals surface area contributed by atoms with Crippen LogP contribution in [0.4, 0.5) is 0 Å². The van der Waals surface area contributed by atoms with Crippen LogP contribution < -0.4 is 11.0 Å². The molecule has 29 heavy (non-hydrogen) atoms. The number of para-hydroxylation sites is 2. The van der Waals surface area contributed by atoms with Gasteiger partial charge in [0.05, 0.1) is 11.0 Å². The first-order chi connectivity index (χ1) is 14.0. The third-order valence-corrected chi connectivity index (χ3v) is 6.12. The predicted molar refractivity (Wildman–Crippen MR) is 116 cm³/mol.